The topological polar surface area (TPSA) is 42.0 Å². The van der Waals surface area contributed by atoms with Gasteiger partial charge in [0, 0.05) is 22.9 Å². The van der Waals surface area contributed by atoms with Gasteiger partial charge in [0.05, 0.1) is 5.69 Å². The fraction of sp³-hybridized carbons (Fsp3) is 0.286. The molecule has 0 saturated carbocycles. The Morgan fingerprint density at radius 2 is 2.05 bits per heavy atom. The first-order valence-corrected chi connectivity index (χ1v) is 6.80. The van der Waals surface area contributed by atoms with E-state index in [4.69, 9.17) is 0 Å². The molecule has 0 aliphatic rings. The van der Waals surface area contributed by atoms with Crippen LogP contribution in [0.3, 0.4) is 0 Å². The smallest absolute Gasteiger partial charge is 0.207 e. The molecule has 100 valence electrons. The Labute approximate surface area is 115 Å². The molecule has 0 aliphatic carbocycles. The van der Waals surface area contributed by atoms with Crippen molar-refractivity contribution in [2.45, 2.75) is 19.3 Å². The van der Waals surface area contributed by atoms with E-state index in [0.717, 1.165) is 16.3 Å². The van der Waals surface area contributed by atoms with Gasteiger partial charge in [-0.2, -0.15) is 0 Å². The summed E-state index contributed by atoms with van der Waals surface area (Å²) in [6.07, 6.45) is 0.691. The number of rotatable bonds is 5. The van der Waals surface area contributed by atoms with E-state index in [-0.39, 0.29) is 11.2 Å². The molecule has 3 nitrogen and oxygen atoms in total. The summed E-state index contributed by atoms with van der Waals surface area (Å²) >= 11 is 1.55. The monoisotopic (exact) mass is 278 g/mol. The summed E-state index contributed by atoms with van der Waals surface area (Å²) in [5.74, 6) is -0.255. The molecule has 0 fully saturated rings. The van der Waals surface area contributed by atoms with Crippen molar-refractivity contribution < 1.29 is 9.18 Å². The zero-order valence-corrected chi connectivity index (χ0v) is 11.6. The first-order chi connectivity index (χ1) is 9.03. The molecule has 1 N–H and O–H groups in total. The van der Waals surface area contributed by atoms with Crippen molar-refractivity contribution in [2.24, 2.45) is 0 Å². The summed E-state index contributed by atoms with van der Waals surface area (Å²) in [4.78, 5) is 15.0. The fourth-order valence-electron chi connectivity index (χ4n) is 1.71. The number of amides is 1. The average Bonchev–Trinajstić information content (AvgIpc) is 2.88. The minimum Gasteiger partial charge on any atom is -0.358 e. The van der Waals surface area contributed by atoms with Crippen molar-refractivity contribution in [1.82, 2.24) is 10.3 Å². The van der Waals surface area contributed by atoms with Crippen molar-refractivity contribution in [3.05, 3.63) is 40.5 Å². The van der Waals surface area contributed by atoms with E-state index >= 15 is 0 Å². The third-order valence-electron chi connectivity index (χ3n) is 2.85. The number of benzene rings is 1. The van der Waals surface area contributed by atoms with Crippen LogP contribution in [-0.2, 0) is 10.2 Å². The highest BCUT2D eigenvalue weighted by molar-refractivity contribution is 7.10. The molecule has 1 amide bonds. The summed E-state index contributed by atoms with van der Waals surface area (Å²) < 4.78 is 12.9. The van der Waals surface area contributed by atoms with E-state index in [9.17, 15) is 9.18 Å². The zero-order valence-electron chi connectivity index (χ0n) is 10.8. The molecule has 0 bridgehead atoms. The highest BCUT2D eigenvalue weighted by Crippen LogP contribution is 2.29. The Morgan fingerprint density at radius 3 is 2.68 bits per heavy atom. The SMILES string of the molecule is CC(C)(CNC=O)c1nc(-c2ccc(F)cc2)cs1. The van der Waals surface area contributed by atoms with Crippen molar-refractivity contribution in [1.29, 1.82) is 0 Å². The maximum absolute atomic E-state index is 12.9. The maximum atomic E-state index is 12.9. The Balaban J connectivity index is 2.23. The Kier molecular flexibility index (Phi) is 3.95. The number of aromatic nitrogens is 1. The lowest BCUT2D eigenvalue weighted by Crippen LogP contribution is -2.32. The van der Waals surface area contributed by atoms with Gasteiger partial charge in [0.1, 0.15) is 10.8 Å². The van der Waals surface area contributed by atoms with Crippen LogP contribution in [0.4, 0.5) is 4.39 Å². The van der Waals surface area contributed by atoms with E-state index < -0.39 is 0 Å². The van der Waals surface area contributed by atoms with Crippen molar-refractivity contribution in [3.63, 3.8) is 0 Å². The maximum Gasteiger partial charge on any atom is 0.207 e. The third-order valence-corrected chi connectivity index (χ3v) is 4.06. The van der Waals surface area contributed by atoms with Gasteiger partial charge in [0.2, 0.25) is 6.41 Å². The number of hydrogen-bond donors (Lipinski definition) is 1. The fourth-order valence-corrected chi connectivity index (χ4v) is 2.66. The molecule has 1 heterocycles. The molecule has 0 saturated heterocycles. The number of carbonyl (C=O) groups excluding carboxylic acids is 1. The van der Waals surface area contributed by atoms with Gasteiger partial charge in [-0.15, -0.1) is 11.3 Å². The molecule has 2 aromatic rings. The number of nitrogens with zero attached hydrogens (tertiary/aromatic N) is 1. The van der Waals surface area contributed by atoms with Crippen LogP contribution in [0.1, 0.15) is 18.9 Å². The van der Waals surface area contributed by atoms with Gasteiger partial charge in [-0.3, -0.25) is 4.79 Å². The first-order valence-electron chi connectivity index (χ1n) is 5.92. The van der Waals surface area contributed by atoms with Crippen LogP contribution < -0.4 is 5.32 Å². The highest BCUT2D eigenvalue weighted by atomic mass is 32.1. The van der Waals surface area contributed by atoms with Crippen molar-refractivity contribution >= 4 is 17.7 Å². The Hall–Kier alpha value is -1.75. The Bertz CT molecular complexity index is 563. The van der Waals surface area contributed by atoms with Crippen LogP contribution in [0, 0.1) is 5.82 Å². The van der Waals surface area contributed by atoms with Crippen LogP contribution >= 0.6 is 11.3 Å². The third kappa shape index (κ3) is 3.17. The van der Waals surface area contributed by atoms with Gasteiger partial charge in [-0.05, 0) is 24.3 Å². The summed E-state index contributed by atoms with van der Waals surface area (Å²) in [5.41, 5.74) is 1.51. The standard InChI is InChI=1S/C14H15FN2OS/c1-14(2,8-16-9-18)13-17-12(7-19-13)10-3-5-11(15)6-4-10/h3-7,9H,8H2,1-2H3,(H,16,18). The number of nitrogens with one attached hydrogen (secondary N) is 1. The molecule has 0 radical (unpaired) electrons. The minimum absolute atomic E-state index is 0.218. The predicted molar refractivity (Wildman–Crippen MR) is 74.6 cm³/mol. The zero-order chi connectivity index (χ0) is 13.9. The second-order valence-electron chi connectivity index (χ2n) is 4.93. The number of carbonyl (C=O) groups is 1. The highest BCUT2D eigenvalue weighted by Gasteiger charge is 2.24. The first kappa shape index (κ1) is 13.7. The summed E-state index contributed by atoms with van der Waals surface area (Å²) in [5, 5.41) is 5.58. The molecule has 0 unspecified atom stereocenters. The molecule has 5 heteroatoms. The van der Waals surface area contributed by atoms with Gasteiger partial charge in [0.15, 0.2) is 0 Å². The van der Waals surface area contributed by atoms with Crippen LogP contribution in [-0.4, -0.2) is 17.9 Å². The predicted octanol–water partition coefficient (Wildman–Crippen LogP) is 2.97. The van der Waals surface area contributed by atoms with Crippen LogP contribution in [0.15, 0.2) is 29.6 Å². The van der Waals surface area contributed by atoms with Gasteiger partial charge in [-0.1, -0.05) is 13.8 Å². The average molecular weight is 278 g/mol. The number of halogens is 1. The van der Waals surface area contributed by atoms with Crippen LogP contribution in [0.2, 0.25) is 0 Å². The molecule has 0 aliphatic heterocycles. The van der Waals surface area contributed by atoms with E-state index in [1.165, 1.54) is 12.1 Å². The second-order valence-corrected chi connectivity index (χ2v) is 5.79. The van der Waals surface area contributed by atoms with Gasteiger partial charge in [0.25, 0.3) is 0 Å². The van der Waals surface area contributed by atoms with Crippen molar-refractivity contribution in [2.75, 3.05) is 6.54 Å². The minimum atomic E-state index is -0.255. The van der Waals surface area contributed by atoms with Crippen molar-refractivity contribution in [3.8, 4) is 11.3 Å². The number of thiazole rings is 1. The van der Waals surface area contributed by atoms with E-state index in [0.29, 0.717) is 13.0 Å². The van der Waals surface area contributed by atoms with Gasteiger partial charge < -0.3 is 5.32 Å². The van der Waals surface area contributed by atoms with Gasteiger partial charge in [-0.25, -0.2) is 9.37 Å². The lowest BCUT2D eigenvalue weighted by Gasteiger charge is -2.20. The number of hydrogen-bond acceptors (Lipinski definition) is 3. The molecule has 1 aromatic carbocycles. The second kappa shape index (κ2) is 5.48. The van der Waals surface area contributed by atoms with E-state index in [1.54, 1.807) is 23.5 Å². The molecular weight excluding hydrogens is 263 g/mol. The molecule has 0 spiro atoms. The lowest BCUT2D eigenvalue weighted by molar-refractivity contribution is -0.109. The molecule has 0 atom stereocenters. The van der Waals surface area contributed by atoms with E-state index in [1.807, 2.05) is 19.2 Å². The molecule has 19 heavy (non-hydrogen) atoms. The summed E-state index contributed by atoms with van der Waals surface area (Å²) in [7, 11) is 0. The summed E-state index contributed by atoms with van der Waals surface area (Å²) in [6, 6.07) is 6.27. The summed E-state index contributed by atoms with van der Waals surface area (Å²) in [6.45, 7) is 4.58. The van der Waals surface area contributed by atoms with Crippen LogP contribution in [0.25, 0.3) is 11.3 Å². The normalized spacial score (nSPS) is 11.3. The quantitative estimate of drug-likeness (QED) is 0.854. The lowest BCUT2D eigenvalue weighted by atomic mass is 9.94. The Morgan fingerprint density at radius 1 is 1.37 bits per heavy atom. The largest absolute Gasteiger partial charge is 0.358 e. The van der Waals surface area contributed by atoms with Gasteiger partial charge >= 0.3 is 0 Å². The molecular formula is C14H15FN2OS. The molecule has 1 aromatic heterocycles. The van der Waals surface area contributed by atoms with E-state index in [2.05, 4.69) is 10.3 Å². The van der Waals surface area contributed by atoms with Crippen LogP contribution in [0.5, 0.6) is 0 Å². The molecule has 2 rings (SSSR count).